The summed E-state index contributed by atoms with van der Waals surface area (Å²) in [5, 5.41) is 29.7. The molecule has 7 N–H and O–H groups in total. The number of hydrogen-bond donors (Lipinski definition) is 7. The van der Waals surface area contributed by atoms with Gasteiger partial charge in [0.15, 0.2) is 17.7 Å². The fraction of sp³-hybridized carbons (Fsp3) is 0.741. The van der Waals surface area contributed by atoms with E-state index in [4.69, 9.17) is 23.7 Å². The number of phenolic OH excluding ortho intramolecular Hbond substituents is 1. The van der Waals surface area contributed by atoms with Crippen LogP contribution in [0.5, 0.6) is 5.75 Å². The summed E-state index contributed by atoms with van der Waals surface area (Å²) in [5.41, 5.74) is 0.211. The Morgan fingerprint density at radius 3 is 1.84 bits per heavy atom. The van der Waals surface area contributed by atoms with Crippen molar-refractivity contribution in [3.8, 4) is 5.75 Å². The van der Waals surface area contributed by atoms with Gasteiger partial charge in [-0.1, -0.05) is 99.0 Å². The Balaban J connectivity index is 1.46. The van der Waals surface area contributed by atoms with Crippen LogP contribution in [0.3, 0.4) is 0 Å². The molecule has 2 heterocycles. The number of imide groups is 1. The smallest absolute Gasteiger partial charge is 0.303 e. The molecule has 9 amide bonds. The molecule has 0 spiro atoms. The van der Waals surface area contributed by atoms with E-state index in [0.717, 1.165) is 12.8 Å². The number of esters is 1. The number of rotatable bonds is 63. The highest BCUT2D eigenvalue weighted by Crippen LogP contribution is 2.34. The SMILES string of the molecule is CCCCCCCCCC(=O)NCCOCCOCCC(=O)NCCOCCOCCC(=O)NCCCC[C@H](NC(=O)CCCN1C(=O)CC(SC)C1=O)C(=O)CCCCC(=O)Nc1cc(C[C@@H](CCC)NC(=O)c2csc([C@@H](C[C@H](C(C)C)N(C)C(=O)[C@@H](CC(=O)C(C)(C)N(C)C)[C@@H](C)CC)OC(C)=O)n2)ccc1O. The summed E-state index contributed by atoms with van der Waals surface area (Å²) < 4.78 is 27.9. The van der Waals surface area contributed by atoms with E-state index in [-0.39, 0.29) is 180 Å². The minimum Gasteiger partial charge on any atom is -0.506 e. The number of carbonyl (C=O) groups is 12. The predicted molar refractivity (Wildman–Crippen MR) is 431 cm³/mol. The number of amides is 9. The largest absolute Gasteiger partial charge is 0.506 e. The standard InChI is InChI=1S/C81H134N10O18S2/c1-14-17-18-19-20-21-22-31-71(96)83-39-44-107-48-47-106-43-37-73(98)84-40-45-108-49-46-105-42-36-72(97)82-38-26-25-29-62(86-75(100)33-27-41-91-76(101)54-69(110-13)80(91)104)66(93)30-23-24-32-74(99)87-63-51-59(34-35-67(63)94)50-60(28-15-2)85-77(102)64-55-111-78(88-64)68(109-58(7)92)53-65(56(4)5)90(12)79(103)61(57(6)16-3)52-70(95)81(8,9)89(10)11/h34-35,51,55-57,60-62,65,68-69,94H,14-33,36-50,52-54H2,1-13H3,(H,82,97)(H,83,96)(H,84,98)(H,85,102)(H,86,100)(H,87,99)/t57-,60+,61-,62-,65+,68+,69?/m0/s1. The number of hydrogen-bond acceptors (Lipinski definition) is 22. The summed E-state index contributed by atoms with van der Waals surface area (Å²) >= 11 is 2.47. The van der Waals surface area contributed by atoms with Crippen LogP contribution in [-0.4, -0.2) is 231 Å². The number of aromatic hydroxyl groups is 1. The van der Waals surface area contributed by atoms with Gasteiger partial charge in [0, 0.05) is 121 Å². The molecule has 7 atom stereocenters. The van der Waals surface area contributed by atoms with Gasteiger partial charge in [-0.25, -0.2) is 4.98 Å². The van der Waals surface area contributed by atoms with Crippen LogP contribution >= 0.6 is 23.1 Å². The average molecular weight is 1600 g/mol. The Morgan fingerprint density at radius 1 is 0.676 bits per heavy atom. The lowest BCUT2D eigenvalue weighted by atomic mass is 9.81. The van der Waals surface area contributed by atoms with E-state index in [9.17, 15) is 62.6 Å². The first-order valence-electron chi connectivity index (χ1n) is 40.3. The minimum atomic E-state index is -0.890. The van der Waals surface area contributed by atoms with Crippen molar-refractivity contribution in [1.29, 1.82) is 0 Å². The van der Waals surface area contributed by atoms with Crippen LogP contribution in [0.2, 0.25) is 0 Å². The van der Waals surface area contributed by atoms with Crippen LogP contribution in [0, 0.1) is 17.8 Å². The van der Waals surface area contributed by atoms with E-state index in [1.165, 1.54) is 73.1 Å². The minimum absolute atomic E-state index is 0.00645. The zero-order chi connectivity index (χ0) is 82.3. The molecule has 28 nitrogen and oxygen atoms in total. The van der Waals surface area contributed by atoms with E-state index in [0.29, 0.717) is 108 Å². The molecule has 3 rings (SSSR count). The third kappa shape index (κ3) is 39.1. The average Bonchev–Trinajstić information content (AvgIpc) is 1.52. The summed E-state index contributed by atoms with van der Waals surface area (Å²) in [4.78, 5) is 167. The molecule has 0 aliphatic carbocycles. The fourth-order valence-corrected chi connectivity index (χ4v) is 14.1. The van der Waals surface area contributed by atoms with Crippen molar-refractivity contribution >= 4 is 99.5 Å². The van der Waals surface area contributed by atoms with Crippen LogP contribution in [0.4, 0.5) is 5.69 Å². The highest BCUT2D eigenvalue weighted by molar-refractivity contribution is 8.00. The van der Waals surface area contributed by atoms with Crippen LogP contribution < -0.4 is 31.9 Å². The molecule has 1 aliphatic rings. The highest BCUT2D eigenvalue weighted by Gasteiger charge is 2.40. The normalized spacial score (nSPS) is 14.7. The van der Waals surface area contributed by atoms with E-state index >= 15 is 0 Å². The Hall–Kier alpha value is -6.96. The summed E-state index contributed by atoms with van der Waals surface area (Å²) in [6.45, 7) is 20.5. The number of ether oxygens (including phenoxy) is 5. The Labute approximate surface area is 668 Å². The van der Waals surface area contributed by atoms with Crippen molar-refractivity contribution < 1.29 is 86.3 Å². The van der Waals surface area contributed by atoms with Crippen molar-refractivity contribution in [1.82, 2.24) is 46.3 Å². The molecule has 1 fully saturated rings. The summed E-state index contributed by atoms with van der Waals surface area (Å²) in [5.74, 6) is -4.14. The summed E-state index contributed by atoms with van der Waals surface area (Å²) in [6.07, 6.45) is 14.6. The third-order valence-electron chi connectivity index (χ3n) is 20.2. The second kappa shape index (κ2) is 55.5. The van der Waals surface area contributed by atoms with Gasteiger partial charge in [-0.3, -0.25) is 67.3 Å². The van der Waals surface area contributed by atoms with Crippen LogP contribution in [-0.2, 0) is 82.8 Å². The number of ketones is 2. The number of phenols is 1. The quantitative estimate of drug-likeness (QED) is 0.0140. The van der Waals surface area contributed by atoms with Crippen LogP contribution in [0.1, 0.15) is 250 Å². The zero-order valence-electron chi connectivity index (χ0n) is 68.8. The van der Waals surface area contributed by atoms with Gasteiger partial charge < -0.3 is 65.6 Å². The highest BCUT2D eigenvalue weighted by atomic mass is 32.2. The second-order valence-corrected chi connectivity index (χ2v) is 31.8. The maximum atomic E-state index is 14.4. The lowest BCUT2D eigenvalue weighted by Gasteiger charge is -2.38. The van der Waals surface area contributed by atoms with Crippen molar-refractivity contribution in [2.75, 3.05) is 112 Å². The number of likely N-dealkylation sites (N-methyl/N-ethyl adjacent to an activating group) is 1. The van der Waals surface area contributed by atoms with Crippen molar-refractivity contribution in [2.45, 2.75) is 264 Å². The van der Waals surface area contributed by atoms with E-state index in [2.05, 4.69) is 43.8 Å². The molecule has 1 aromatic heterocycles. The fourth-order valence-electron chi connectivity index (χ4n) is 12.6. The lowest BCUT2D eigenvalue weighted by molar-refractivity contribution is -0.150. The molecule has 1 aliphatic heterocycles. The number of unbranched alkanes of at least 4 members (excludes halogenated alkanes) is 8. The van der Waals surface area contributed by atoms with Crippen LogP contribution in [0.25, 0.3) is 0 Å². The summed E-state index contributed by atoms with van der Waals surface area (Å²) in [7, 11) is 5.40. The first-order valence-corrected chi connectivity index (χ1v) is 42.5. The first kappa shape index (κ1) is 98.2. The van der Waals surface area contributed by atoms with Gasteiger partial charge in [0.25, 0.3) is 5.91 Å². The zero-order valence-corrected chi connectivity index (χ0v) is 70.4. The molecule has 111 heavy (non-hydrogen) atoms. The predicted octanol–water partition coefficient (Wildman–Crippen LogP) is 9.76. The molecule has 2 aromatic rings. The second-order valence-electron chi connectivity index (χ2n) is 29.9. The number of nitrogens with one attached hydrogen (secondary N) is 6. The third-order valence-corrected chi connectivity index (χ3v) is 22.1. The molecule has 1 aromatic carbocycles. The number of Topliss-reactive ketones (excluding diaryl/α,β-unsaturated/α-hetero) is 2. The number of benzene rings is 1. The number of thiazole rings is 1. The number of carbonyl (C=O) groups excluding carboxylic acids is 12. The lowest BCUT2D eigenvalue weighted by Crippen LogP contribution is -2.50. The Bertz CT molecular complexity index is 3190. The first-order chi connectivity index (χ1) is 53.0. The van der Waals surface area contributed by atoms with Crippen molar-refractivity contribution in [3.63, 3.8) is 0 Å². The van der Waals surface area contributed by atoms with Gasteiger partial charge in [0.05, 0.1) is 75.4 Å². The number of anilines is 1. The van der Waals surface area contributed by atoms with Crippen molar-refractivity contribution in [2.24, 2.45) is 17.8 Å². The maximum absolute atomic E-state index is 14.4. The number of thioether (sulfide) groups is 1. The molecule has 628 valence electrons. The molecule has 0 bridgehead atoms. The number of aromatic nitrogens is 1. The number of nitrogens with zero attached hydrogens (tertiary/aromatic N) is 4. The van der Waals surface area contributed by atoms with Crippen LogP contribution in [0.15, 0.2) is 23.6 Å². The summed E-state index contributed by atoms with van der Waals surface area (Å²) in [6, 6.07) is 3.11. The molecule has 30 heteroatoms. The van der Waals surface area contributed by atoms with E-state index in [1.54, 1.807) is 35.7 Å². The molecule has 1 saturated heterocycles. The number of likely N-dealkylation sites (tertiary alicyclic amines) is 1. The van der Waals surface area contributed by atoms with Gasteiger partial charge in [-0.05, 0) is 122 Å². The van der Waals surface area contributed by atoms with Gasteiger partial charge in [0.2, 0.25) is 47.3 Å². The van der Waals surface area contributed by atoms with Crippen molar-refractivity contribution in [3.05, 3.63) is 39.8 Å². The Kier molecular flexibility index (Phi) is 49.1. The van der Waals surface area contributed by atoms with Gasteiger partial charge in [0.1, 0.15) is 16.5 Å². The molecule has 1 unspecified atom stereocenters. The molecule has 0 saturated carbocycles. The van der Waals surface area contributed by atoms with E-state index < -0.39 is 64.6 Å². The monoisotopic (exact) mass is 1600 g/mol. The maximum Gasteiger partial charge on any atom is 0.303 e. The molecule has 0 radical (unpaired) electrons. The van der Waals surface area contributed by atoms with Gasteiger partial charge in [-0.15, -0.1) is 11.3 Å². The Morgan fingerprint density at radius 2 is 1.25 bits per heavy atom. The van der Waals surface area contributed by atoms with Gasteiger partial charge in [-0.2, -0.15) is 11.8 Å². The molecular formula is C81H134N10O18S2. The topological polar surface area (TPSA) is 366 Å². The van der Waals surface area contributed by atoms with E-state index in [1.807, 2.05) is 67.5 Å². The molecular weight excluding hydrogens is 1470 g/mol. The van der Waals surface area contributed by atoms with Gasteiger partial charge >= 0.3 is 5.97 Å².